The van der Waals surface area contributed by atoms with Gasteiger partial charge in [-0.2, -0.15) is 0 Å². The molecule has 0 radical (unpaired) electrons. The van der Waals surface area contributed by atoms with E-state index in [-0.39, 0.29) is 11.9 Å². The fourth-order valence-corrected chi connectivity index (χ4v) is 2.70. The lowest BCUT2D eigenvalue weighted by molar-refractivity contribution is -0.148. The number of hydrogen-bond donors (Lipinski definition) is 2. The van der Waals surface area contributed by atoms with Crippen molar-refractivity contribution in [3.05, 3.63) is 23.9 Å². The molecule has 0 aromatic carbocycles. The molecule has 1 aliphatic carbocycles. The number of carboxylic acids is 1. The van der Waals surface area contributed by atoms with Gasteiger partial charge < -0.3 is 15.3 Å². The van der Waals surface area contributed by atoms with Crippen LogP contribution in [0.25, 0.3) is 0 Å². The Labute approximate surface area is 124 Å². The van der Waals surface area contributed by atoms with Gasteiger partial charge in [0, 0.05) is 31.9 Å². The Balaban J connectivity index is 2.15. The van der Waals surface area contributed by atoms with E-state index < -0.39 is 11.4 Å². The molecule has 6 nitrogen and oxygen atoms in total. The molecule has 1 aliphatic rings. The third-order valence-electron chi connectivity index (χ3n) is 4.22. The van der Waals surface area contributed by atoms with Crippen LogP contribution in [0.5, 0.6) is 0 Å². The van der Waals surface area contributed by atoms with Crippen LogP contribution >= 0.6 is 0 Å². The first-order valence-corrected chi connectivity index (χ1v) is 7.02. The van der Waals surface area contributed by atoms with Crippen molar-refractivity contribution in [2.45, 2.75) is 32.2 Å². The molecule has 1 saturated carbocycles. The zero-order chi connectivity index (χ0) is 15.6. The molecule has 0 saturated heterocycles. The standard InChI is InChI=1S/C15H21N3O3/c1-15(14(20)21)7-4-5-11(15)17-13(19)10-6-8-16-12(9-10)18(2)3/h6,8-9,11H,4-5,7H2,1-3H3,(H,17,19)(H,20,21). The summed E-state index contributed by atoms with van der Waals surface area (Å²) in [6.45, 7) is 1.70. The molecule has 0 bridgehead atoms. The van der Waals surface area contributed by atoms with Gasteiger partial charge in [-0.1, -0.05) is 6.42 Å². The molecule has 2 atom stereocenters. The second kappa shape index (κ2) is 5.71. The van der Waals surface area contributed by atoms with E-state index in [1.165, 1.54) is 0 Å². The summed E-state index contributed by atoms with van der Waals surface area (Å²) < 4.78 is 0. The first-order valence-electron chi connectivity index (χ1n) is 7.02. The number of nitrogens with one attached hydrogen (secondary N) is 1. The maximum atomic E-state index is 12.3. The largest absolute Gasteiger partial charge is 0.481 e. The number of carboxylic acid groups (broad SMARTS) is 1. The van der Waals surface area contributed by atoms with Crippen molar-refractivity contribution in [3.8, 4) is 0 Å². The molecule has 2 N–H and O–H groups in total. The predicted molar refractivity (Wildman–Crippen MR) is 79.4 cm³/mol. The Kier molecular flexibility index (Phi) is 4.16. The fourth-order valence-electron chi connectivity index (χ4n) is 2.70. The van der Waals surface area contributed by atoms with Crippen molar-refractivity contribution >= 4 is 17.7 Å². The number of pyridine rings is 1. The van der Waals surface area contributed by atoms with Gasteiger partial charge in [-0.05, 0) is 31.9 Å². The van der Waals surface area contributed by atoms with E-state index in [4.69, 9.17) is 0 Å². The number of aliphatic carboxylic acids is 1. The van der Waals surface area contributed by atoms with Crippen LogP contribution in [-0.4, -0.2) is 42.1 Å². The van der Waals surface area contributed by atoms with E-state index in [0.29, 0.717) is 24.2 Å². The van der Waals surface area contributed by atoms with Gasteiger partial charge in [-0.25, -0.2) is 4.98 Å². The molecule has 114 valence electrons. The number of carbonyl (C=O) groups is 2. The van der Waals surface area contributed by atoms with E-state index in [9.17, 15) is 14.7 Å². The second-order valence-electron chi connectivity index (χ2n) is 5.94. The predicted octanol–water partition coefficient (Wildman–Crippen LogP) is 1.52. The van der Waals surface area contributed by atoms with E-state index >= 15 is 0 Å². The minimum atomic E-state index is -0.882. The summed E-state index contributed by atoms with van der Waals surface area (Å²) in [4.78, 5) is 29.7. The minimum absolute atomic E-state index is 0.250. The number of nitrogens with zero attached hydrogens (tertiary/aromatic N) is 2. The summed E-state index contributed by atoms with van der Waals surface area (Å²) >= 11 is 0. The summed E-state index contributed by atoms with van der Waals surface area (Å²) in [7, 11) is 3.70. The van der Waals surface area contributed by atoms with E-state index in [2.05, 4.69) is 10.3 Å². The Morgan fingerprint density at radius 1 is 1.48 bits per heavy atom. The summed E-state index contributed by atoms with van der Waals surface area (Å²) in [5, 5.41) is 12.2. The van der Waals surface area contributed by atoms with Gasteiger partial charge in [0.25, 0.3) is 5.91 Å². The zero-order valence-corrected chi connectivity index (χ0v) is 12.6. The molecule has 1 aromatic heterocycles. The minimum Gasteiger partial charge on any atom is -0.481 e. The lowest BCUT2D eigenvalue weighted by Crippen LogP contribution is -2.47. The van der Waals surface area contributed by atoms with Crippen molar-refractivity contribution in [1.82, 2.24) is 10.3 Å². The number of anilines is 1. The summed E-state index contributed by atoms with van der Waals surface area (Å²) in [5.74, 6) is -0.413. The van der Waals surface area contributed by atoms with Gasteiger partial charge in [-0.3, -0.25) is 9.59 Å². The summed E-state index contributed by atoms with van der Waals surface area (Å²) in [5.41, 5.74) is -0.388. The summed E-state index contributed by atoms with van der Waals surface area (Å²) in [6.07, 6.45) is 3.68. The maximum Gasteiger partial charge on any atom is 0.311 e. The second-order valence-corrected chi connectivity index (χ2v) is 5.94. The number of rotatable bonds is 4. The molecule has 1 amide bonds. The highest BCUT2D eigenvalue weighted by atomic mass is 16.4. The van der Waals surface area contributed by atoms with Gasteiger partial charge in [0.15, 0.2) is 0 Å². The third-order valence-corrected chi connectivity index (χ3v) is 4.22. The van der Waals surface area contributed by atoms with Crippen LogP contribution in [0, 0.1) is 5.41 Å². The van der Waals surface area contributed by atoms with Crippen molar-refractivity contribution < 1.29 is 14.7 Å². The van der Waals surface area contributed by atoms with Gasteiger partial charge in [-0.15, -0.1) is 0 Å². The molecule has 6 heteroatoms. The monoisotopic (exact) mass is 291 g/mol. The number of aromatic nitrogens is 1. The van der Waals surface area contributed by atoms with Crippen LogP contribution in [0.15, 0.2) is 18.3 Å². The average molecular weight is 291 g/mol. The van der Waals surface area contributed by atoms with Gasteiger partial charge >= 0.3 is 5.97 Å². The van der Waals surface area contributed by atoms with Crippen molar-refractivity contribution in [1.29, 1.82) is 0 Å². The molecule has 1 heterocycles. The first kappa shape index (κ1) is 15.3. The number of hydrogen-bond acceptors (Lipinski definition) is 4. The molecule has 0 spiro atoms. The third kappa shape index (κ3) is 2.99. The molecule has 2 rings (SSSR count). The van der Waals surface area contributed by atoms with Crippen LogP contribution in [-0.2, 0) is 4.79 Å². The SMILES string of the molecule is CN(C)c1cc(C(=O)NC2CCCC2(C)C(=O)O)ccn1. The molecule has 1 aromatic rings. The topological polar surface area (TPSA) is 82.5 Å². The molecule has 21 heavy (non-hydrogen) atoms. The first-order chi connectivity index (χ1) is 9.84. The lowest BCUT2D eigenvalue weighted by atomic mass is 9.85. The molecular weight excluding hydrogens is 270 g/mol. The van der Waals surface area contributed by atoms with E-state index in [0.717, 1.165) is 6.42 Å². The van der Waals surface area contributed by atoms with Crippen molar-refractivity contribution in [2.24, 2.45) is 5.41 Å². The molecular formula is C15H21N3O3. The van der Waals surface area contributed by atoms with E-state index in [1.807, 2.05) is 19.0 Å². The Bertz CT molecular complexity index is 559. The van der Waals surface area contributed by atoms with Crippen LogP contribution in [0.3, 0.4) is 0 Å². The van der Waals surface area contributed by atoms with Crippen LogP contribution < -0.4 is 10.2 Å². The highest BCUT2D eigenvalue weighted by Gasteiger charge is 2.45. The fraction of sp³-hybridized carbons (Fsp3) is 0.533. The van der Waals surface area contributed by atoms with Gasteiger partial charge in [0.05, 0.1) is 5.41 Å². The van der Waals surface area contributed by atoms with Crippen molar-refractivity contribution in [3.63, 3.8) is 0 Å². The highest BCUT2D eigenvalue weighted by molar-refractivity contribution is 5.95. The van der Waals surface area contributed by atoms with Crippen LogP contribution in [0.4, 0.5) is 5.82 Å². The Morgan fingerprint density at radius 2 is 2.19 bits per heavy atom. The van der Waals surface area contributed by atoms with Crippen molar-refractivity contribution in [2.75, 3.05) is 19.0 Å². The average Bonchev–Trinajstić information content (AvgIpc) is 2.81. The molecule has 1 fully saturated rings. The molecule has 0 aliphatic heterocycles. The number of carbonyl (C=O) groups excluding carboxylic acids is 1. The zero-order valence-electron chi connectivity index (χ0n) is 12.6. The normalized spacial score (nSPS) is 24.6. The van der Waals surface area contributed by atoms with Gasteiger partial charge in [0.2, 0.25) is 0 Å². The highest BCUT2D eigenvalue weighted by Crippen LogP contribution is 2.38. The smallest absolute Gasteiger partial charge is 0.311 e. The maximum absolute atomic E-state index is 12.3. The molecule has 2 unspecified atom stereocenters. The Hall–Kier alpha value is -2.11. The van der Waals surface area contributed by atoms with E-state index in [1.54, 1.807) is 25.3 Å². The quantitative estimate of drug-likeness (QED) is 0.879. The van der Waals surface area contributed by atoms with Crippen LogP contribution in [0.2, 0.25) is 0 Å². The number of amides is 1. The Morgan fingerprint density at radius 3 is 2.81 bits per heavy atom. The van der Waals surface area contributed by atoms with Gasteiger partial charge in [0.1, 0.15) is 5.82 Å². The van der Waals surface area contributed by atoms with Crippen LogP contribution in [0.1, 0.15) is 36.5 Å². The lowest BCUT2D eigenvalue weighted by Gasteiger charge is -2.27. The summed E-state index contributed by atoms with van der Waals surface area (Å²) in [6, 6.07) is 3.00.